The van der Waals surface area contributed by atoms with Crippen LogP contribution in [0.4, 0.5) is 5.69 Å². The van der Waals surface area contributed by atoms with Gasteiger partial charge in [-0.15, -0.1) is 0 Å². The molecule has 1 fully saturated rings. The summed E-state index contributed by atoms with van der Waals surface area (Å²) >= 11 is 0. The summed E-state index contributed by atoms with van der Waals surface area (Å²) in [6.45, 7) is 2.02. The zero-order valence-corrected chi connectivity index (χ0v) is 11.0. The number of nitrogens with zero attached hydrogens (tertiary/aromatic N) is 1. The number of benzene rings is 1. The second-order valence-electron chi connectivity index (χ2n) is 4.76. The average Bonchev–Trinajstić information content (AvgIpc) is 2.39. The van der Waals surface area contributed by atoms with E-state index in [1.807, 2.05) is 0 Å². The molecule has 20 heavy (non-hydrogen) atoms. The van der Waals surface area contributed by atoms with Crippen molar-refractivity contribution in [3.63, 3.8) is 0 Å². The predicted molar refractivity (Wildman–Crippen MR) is 70.8 cm³/mol. The predicted octanol–water partition coefficient (Wildman–Crippen LogP) is 0.798. The van der Waals surface area contributed by atoms with Gasteiger partial charge in [-0.2, -0.15) is 0 Å². The molecule has 1 heterocycles. The van der Waals surface area contributed by atoms with Crippen molar-refractivity contribution >= 4 is 17.5 Å². The standard InChI is InChI=1S/C13H15N3O4/c1-8-2-3-9(6-11(8)16(19)20)7-14-10-4-5-12(17)15-13(10)18/h2-3,6,10,14H,4-5,7H2,1H3,(H,15,17,18). The largest absolute Gasteiger partial charge is 0.302 e. The van der Waals surface area contributed by atoms with Crippen molar-refractivity contribution in [2.24, 2.45) is 0 Å². The number of nitro groups is 1. The third-order valence-corrected chi connectivity index (χ3v) is 3.26. The van der Waals surface area contributed by atoms with E-state index in [4.69, 9.17) is 0 Å². The topological polar surface area (TPSA) is 101 Å². The van der Waals surface area contributed by atoms with E-state index in [-0.39, 0.29) is 17.5 Å². The van der Waals surface area contributed by atoms with Gasteiger partial charge in [0.15, 0.2) is 0 Å². The molecule has 0 saturated carbocycles. The van der Waals surface area contributed by atoms with Crippen molar-refractivity contribution in [1.82, 2.24) is 10.6 Å². The quantitative estimate of drug-likeness (QED) is 0.481. The minimum Gasteiger partial charge on any atom is -0.302 e. The monoisotopic (exact) mass is 277 g/mol. The molecule has 2 amide bonds. The second-order valence-corrected chi connectivity index (χ2v) is 4.76. The van der Waals surface area contributed by atoms with Gasteiger partial charge >= 0.3 is 0 Å². The Hall–Kier alpha value is -2.28. The molecular weight excluding hydrogens is 262 g/mol. The van der Waals surface area contributed by atoms with E-state index in [2.05, 4.69) is 10.6 Å². The van der Waals surface area contributed by atoms with Crippen molar-refractivity contribution in [2.75, 3.05) is 0 Å². The van der Waals surface area contributed by atoms with E-state index in [1.165, 1.54) is 6.07 Å². The molecule has 106 valence electrons. The van der Waals surface area contributed by atoms with E-state index in [0.29, 0.717) is 24.9 Å². The number of imide groups is 1. The number of carbonyl (C=O) groups is 2. The van der Waals surface area contributed by atoms with E-state index < -0.39 is 11.0 Å². The lowest BCUT2D eigenvalue weighted by atomic mass is 10.1. The van der Waals surface area contributed by atoms with Crippen molar-refractivity contribution in [2.45, 2.75) is 32.4 Å². The molecule has 1 saturated heterocycles. The van der Waals surface area contributed by atoms with Crippen LogP contribution in [0.15, 0.2) is 18.2 Å². The summed E-state index contributed by atoms with van der Waals surface area (Å²) in [5, 5.41) is 16.1. The highest BCUT2D eigenvalue weighted by Gasteiger charge is 2.25. The summed E-state index contributed by atoms with van der Waals surface area (Å²) in [5.41, 5.74) is 1.39. The van der Waals surface area contributed by atoms with Gasteiger partial charge in [-0.25, -0.2) is 0 Å². The van der Waals surface area contributed by atoms with Crippen LogP contribution in [0.5, 0.6) is 0 Å². The maximum atomic E-state index is 11.6. The summed E-state index contributed by atoms with van der Waals surface area (Å²) in [5.74, 6) is -0.609. The van der Waals surface area contributed by atoms with Gasteiger partial charge in [0.1, 0.15) is 0 Å². The fourth-order valence-electron chi connectivity index (χ4n) is 2.09. The summed E-state index contributed by atoms with van der Waals surface area (Å²) in [6.07, 6.45) is 0.746. The van der Waals surface area contributed by atoms with Crippen molar-refractivity contribution in [3.05, 3.63) is 39.4 Å². The van der Waals surface area contributed by atoms with Gasteiger partial charge in [0.25, 0.3) is 5.69 Å². The first-order chi connectivity index (χ1) is 9.47. The van der Waals surface area contributed by atoms with Gasteiger partial charge in [0.2, 0.25) is 11.8 Å². The number of hydrogen-bond acceptors (Lipinski definition) is 5. The molecule has 0 radical (unpaired) electrons. The molecule has 7 nitrogen and oxygen atoms in total. The van der Waals surface area contributed by atoms with Crippen LogP contribution in [0.3, 0.4) is 0 Å². The molecule has 1 aliphatic rings. The smallest absolute Gasteiger partial charge is 0.272 e. The Bertz CT molecular complexity index is 571. The number of hydrogen-bond donors (Lipinski definition) is 2. The lowest BCUT2D eigenvalue weighted by Crippen LogP contribution is -2.50. The maximum Gasteiger partial charge on any atom is 0.272 e. The minimum atomic E-state index is -0.437. The number of carbonyl (C=O) groups excluding carboxylic acids is 2. The highest BCUT2D eigenvalue weighted by Crippen LogP contribution is 2.19. The number of piperidine rings is 1. The third kappa shape index (κ3) is 3.18. The second kappa shape index (κ2) is 5.79. The Balaban J connectivity index is 2.01. The van der Waals surface area contributed by atoms with Crippen LogP contribution >= 0.6 is 0 Å². The lowest BCUT2D eigenvalue weighted by Gasteiger charge is -2.21. The van der Waals surface area contributed by atoms with Crippen LogP contribution in [0.1, 0.15) is 24.0 Å². The number of nitrogens with one attached hydrogen (secondary N) is 2. The maximum absolute atomic E-state index is 11.6. The molecule has 1 aliphatic heterocycles. The van der Waals surface area contributed by atoms with Crippen LogP contribution in [-0.4, -0.2) is 22.8 Å². The number of aryl methyl sites for hydroxylation is 1. The van der Waals surface area contributed by atoms with Crippen molar-refractivity contribution in [3.8, 4) is 0 Å². The first kappa shape index (κ1) is 14.1. The summed E-state index contributed by atoms with van der Waals surface area (Å²) in [7, 11) is 0. The van der Waals surface area contributed by atoms with Crippen LogP contribution in [0.2, 0.25) is 0 Å². The van der Waals surface area contributed by atoms with Gasteiger partial charge in [0, 0.05) is 24.6 Å². The van der Waals surface area contributed by atoms with Crippen LogP contribution in [0.25, 0.3) is 0 Å². The zero-order valence-electron chi connectivity index (χ0n) is 11.0. The Morgan fingerprint density at radius 2 is 2.20 bits per heavy atom. The van der Waals surface area contributed by atoms with Crippen molar-refractivity contribution in [1.29, 1.82) is 0 Å². The summed E-state index contributed by atoms with van der Waals surface area (Å²) < 4.78 is 0. The van der Waals surface area contributed by atoms with Crippen molar-refractivity contribution < 1.29 is 14.5 Å². The first-order valence-electron chi connectivity index (χ1n) is 6.28. The molecule has 0 bridgehead atoms. The van der Waals surface area contributed by atoms with E-state index in [0.717, 1.165) is 5.56 Å². The van der Waals surface area contributed by atoms with Gasteiger partial charge in [-0.3, -0.25) is 25.0 Å². The number of amides is 2. The fourth-order valence-corrected chi connectivity index (χ4v) is 2.09. The van der Waals surface area contributed by atoms with E-state index in [1.54, 1.807) is 19.1 Å². The molecule has 7 heteroatoms. The molecule has 0 aromatic heterocycles. The normalized spacial score (nSPS) is 18.8. The average molecular weight is 277 g/mol. The third-order valence-electron chi connectivity index (χ3n) is 3.26. The summed E-state index contributed by atoms with van der Waals surface area (Å²) in [6, 6.07) is 4.52. The Morgan fingerprint density at radius 1 is 1.45 bits per heavy atom. The summed E-state index contributed by atoms with van der Waals surface area (Å²) in [4.78, 5) is 33.0. The number of rotatable bonds is 4. The molecule has 0 spiro atoms. The highest BCUT2D eigenvalue weighted by molar-refractivity contribution is 6.00. The Kier molecular flexibility index (Phi) is 4.09. The zero-order chi connectivity index (χ0) is 14.7. The molecule has 1 unspecified atom stereocenters. The highest BCUT2D eigenvalue weighted by atomic mass is 16.6. The molecule has 1 aromatic carbocycles. The van der Waals surface area contributed by atoms with Gasteiger partial charge in [-0.05, 0) is 18.9 Å². The Labute approximate surface area is 115 Å². The van der Waals surface area contributed by atoms with Gasteiger partial charge in [-0.1, -0.05) is 12.1 Å². The first-order valence-corrected chi connectivity index (χ1v) is 6.28. The SMILES string of the molecule is Cc1ccc(CNC2CCC(=O)NC2=O)cc1[N+](=O)[O-]. The molecular formula is C13H15N3O4. The minimum absolute atomic E-state index is 0.0626. The fraction of sp³-hybridized carbons (Fsp3) is 0.385. The van der Waals surface area contributed by atoms with E-state index in [9.17, 15) is 19.7 Å². The molecule has 2 rings (SSSR count). The molecule has 0 aliphatic carbocycles. The molecule has 2 N–H and O–H groups in total. The molecule has 1 aromatic rings. The lowest BCUT2D eigenvalue weighted by molar-refractivity contribution is -0.385. The van der Waals surface area contributed by atoms with Crippen LogP contribution in [0, 0.1) is 17.0 Å². The molecule has 1 atom stereocenters. The van der Waals surface area contributed by atoms with Crippen LogP contribution in [-0.2, 0) is 16.1 Å². The van der Waals surface area contributed by atoms with Gasteiger partial charge in [0.05, 0.1) is 11.0 Å². The van der Waals surface area contributed by atoms with E-state index >= 15 is 0 Å². The Morgan fingerprint density at radius 3 is 2.85 bits per heavy atom. The van der Waals surface area contributed by atoms with Gasteiger partial charge < -0.3 is 5.32 Å². The van der Waals surface area contributed by atoms with Crippen LogP contribution < -0.4 is 10.6 Å². The number of nitro benzene ring substituents is 1.